The molecular formula is C22H25ClN2O. The highest BCUT2D eigenvalue weighted by atomic mass is 35.5. The van der Waals surface area contributed by atoms with E-state index >= 15 is 0 Å². The van der Waals surface area contributed by atoms with Crippen LogP contribution in [-0.2, 0) is 0 Å². The number of halogens is 1. The number of rotatable bonds is 6. The smallest absolute Gasteiger partial charge is 0.134 e. The number of hydrogen-bond acceptors (Lipinski definition) is 3. The number of nitrogens with zero attached hydrogens (tertiary/aromatic N) is 1. The average molecular weight is 369 g/mol. The minimum absolute atomic E-state index is 0.738. The van der Waals surface area contributed by atoms with Gasteiger partial charge in [0.25, 0.3) is 0 Å². The second-order valence-corrected chi connectivity index (χ2v) is 7.38. The topological polar surface area (TPSA) is 24.5 Å². The van der Waals surface area contributed by atoms with Gasteiger partial charge >= 0.3 is 0 Å². The second-order valence-electron chi connectivity index (χ2n) is 6.94. The molecule has 0 aliphatic carbocycles. The first kappa shape index (κ1) is 17.6. The van der Waals surface area contributed by atoms with Crippen molar-refractivity contribution in [3.63, 3.8) is 0 Å². The van der Waals surface area contributed by atoms with Gasteiger partial charge in [-0.3, -0.25) is 0 Å². The Kier molecular flexibility index (Phi) is 5.59. The van der Waals surface area contributed by atoms with Crippen LogP contribution in [0.3, 0.4) is 0 Å². The first-order valence-corrected chi connectivity index (χ1v) is 9.86. The quantitative estimate of drug-likeness (QED) is 0.503. The number of fused-ring (bicyclic) bond motifs is 2. The van der Waals surface area contributed by atoms with Gasteiger partial charge in [0.05, 0.1) is 6.61 Å². The molecule has 3 aromatic rings. The van der Waals surface area contributed by atoms with Crippen molar-refractivity contribution in [3.8, 4) is 5.75 Å². The van der Waals surface area contributed by atoms with Crippen LogP contribution in [0, 0.1) is 0 Å². The van der Waals surface area contributed by atoms with Gasteiger partial charge in [-0.2, -0.15) is 0 Å². The number of unbranched alkanes of at least 4 members (excludes halogenated alkanes) is 1. The van der Waals surface area contributed by atoms with E-state index in [-0.39, 0.29) is 0 Å². The molecule has 4 rings (SSSR count). The predicted octanol–water partition coefficient (Wildman–Crippen LogP) is 4.71. The maximum Gasteiger partial charge on any atom is 0.134 e. The van der Waals surface area contributed by atoms with Gasteiger partial charge in [0, 0.05) is 42.0 Å². The lowest BCUT2D eigenvalue weighted by Gasteiger charge is -2.27. The third kappa shape index (κ3) is 3.96. The molecule has 1 fully saturated rings. The summed E-state index contributed by atoms with van der Waals surface area (Å²) in [5.41, 5.74) is 0. The molecule has 3 nitrogen and oxygen atoms in total. The minimum atomic E-state index is 0.738. The third-order valence-electron chi connectivity index (χ3n) is 5.10. The van der Waals surface area contributed by atoms with E-state index in [4.69, 9.17) is 16.3 Å². The van der Waals surface area contributed by atoms with Gasteiger partial charge in [0.1, 0.15) is 5.75 Å². The van der Waals surface area contributed by atoms with E-state index in [9.17, 15) is 0 Å². The van der Waals surface area contributed by atoms with Crippen LogP contribution in [0.25, 0.3) is 21.5 Å². The Bertz CT molecular complexity index is 890. The van der Waals surface area contributed by atoms with Crippen molar-refractivity contribution in [2.75, 3.05) is 39.3 Å². The van der Waals surface area contributed by atoms with E-state index < -0.39 is 0 Å². The van der Waals surface area contributed by atoms with Gasteiger partial charge < -0.3 is 15.0 Å². The Hall–Kier alpha value is -1.81. The molecule has 3 aromatic carbocycles. The van der Waals surface area contributed by atoms with Crippen LogP contribution >= 0.6 is 11.6 Å². The van der Waals surface area contributed by atoms with Gasteiger partial charge in [0.15, 0.2) is 0 Å². The lowest BCUT2D eigenvalue weighted by atomic mass is 10.0. The molecule has 0 aromatic heterocycles. The summed E-state index contributed by atoms with van der Waals surface area (Å²) in [4.78, 5) is 2.53. The molecular weight excluding hydrogens is 344 g/mol. The number of nitrogens with one attached hydrogen (secondary N) is 1. The summed E-state index contributed by atoms with van der Waals surface area (Å²) in [6, 6.07) is 16.6. The lowest BCUT2D eigenvalue weighted by Crippen LogP contribution is -2.43. The fourth-order valence-electron chi connectivity index (χ4n) is 3.70. The highest BCUT2D eigenvalue weighted by Gasteiger charge is 2.11. The molecule has 0 radical (unpaired) electrons. The third-order valence-corrected chi connectivity index (χ3v) is 5.34. The summed E-state index contributed by atoms with van der Waals surface area (Å²) in [7, 11) is 0. The normalized spacial score (nSPS) is 15.6. The van der Waals surface area contributed by atoms with Crippen molar-refractivity contribution < 1.29 is 4.74 Å². The van der Waals surface area contributed by atoms with E-state index in [1.807, 2.05) is 12.1 Å². The zero-order valence-electron chi connectivity index (χ0n) is 15.0. The van der Waals surface area contributed by atoms with E-state index in [2.05, 4.69) is 46.6 Å². The predicted molar refractivity (Wildman–Crippen MR) is 111 cm³/mol. The molecule has 0 atom stereocenters. The molecule has 0 amide bonds. The highest BCUT2D eigenvalue weighted by Crippen LogP contribution is 2.36. The van der Waals surface area contributed by atoms with Gasteiger partial charge in [-0.15, -0.1) is 0 Å². The van der Waals surface area contributed by atoms with Crippen molar-refractivity contribution >= 4 is 33.1 Å². The molecule has 4 heteroatoms. The van der Waals surface area contributed by atoms with Crippen LogP contribution in [0.15, 0.2) is 48.5 Å². The number of ether oxygens (including phenoxy) is 1. The molecule has 0 bridgehead atoms. The molecule has 1 saturated heterocycles. The van der Waals surface area contributed by atoms with E-state index in [1.165, 1.54) is 17.2 Å². The molecule has 0 saturated carbocycles. The first-order chi connectivity index (χ1) is 12.8. The molecule has 1 N–H and O–H groups in total. The van der Waals surface area contributed by atoms with E-state index in [0.717, 1.165) is 67.3 Å². The van der Waals surface area contributed by atoms with Crippen molar-refractivity contribution in [3.05, 3.63) is 53.6 Å². The van der Waals surface area contributed by atoms with Crippen LogP contribution in [-0.4, -0.2) is 44.2 Å². The van der Waals surface area contributed by atoms with Crippen LogP contribution < -0.4 is 10.1 Å². The molecule has 0 spiro atoms. The summed E-state index contributed by atoms with van der Waals surface area (Å²) < 4.78 is 6.29. The minimum Gasteiger partial charge on any atom is -0.492 e. The van der Waals surface area contributed by atoms with Crippen LogP contribution in [0.5, 0.6) is 5.75 Å². The van der Waals surface area contributed by atoms with Crippen LogP contribution in [0.2, 0.25) is 5.02 Å². The maximum absolute atomic E-state index is 6.29. The van der Waals surface area contributed by atoms with Gasteiger partial charge in [-0.05, 0) is 48.4 Å². The fraction of sp³-hybridized carbons (Fsp3) is 0.364. The largest absolute Gasteiger partial charge is 0.492 e. The van der Waals surface area contributed by atoms with Crippen molar-refractivity contribution in [1.29, 1.82) is 0 Å². The standard InChI is InChI=1S/C22H25ClN2O/c23-19-8-7-18-15-17-5-1-2-6-20(17)22(21(18)16-19)26-14-4-3-11-25-12-9-24-10-13-25/h1-2,5-8,15-16,24H,3-4,9-14H2. The maximum atomic E-state index is 6.29. The lowest BCUT2D eigenvalue weighted by molar-refractivity contribution is 0.227. The van der Waals surface area contributed by atoms with Gasteiger partial charge in [-0.25, -0.2) is 0 Å². The van der Waals surface area contributed by atoms with Crippen molar-refractivity contribution in [2.24, 2.45) is 0 Å². The number of piperazine rings is 1. The van der Waals surface area contributed by atoms with Gasteiger partial charge in [-0.1, -0.05) is 41.9 Å². The Morgan fingerprint density at radius 2 is 1.73 bits per heavy atom. The Morgan fingerprint density at radius 1 is 0.923 bits per heavy atom. The van der Waals surface area contributed by atoms with Crippen molar-refractivity contribution in [2.45, 2.75) is 12.8 Å². The Labute approximate surface area is 159 Å². The van der Waals surface area contributed by atoms with Crippen LogP contribution in [0.1, 0.15) is 12.8 Å². The molecule has 1 heterocycles. The van der Waals surface area contributed by atoms with Gasteiger partial charge in [0.2, 0.25) is 0 Å². The summed E-state index contributed by atoms with van der Waals surface area (Å²) in [6.45, 7) is 6.44. The summed E-state index contributed by atoms with van der Waals surface area (Å²) in [5, 5.41) is 8.78. The zero-order valence-corrected chi connectivity index (χ0v) is 15.8. The van der Waals surface area contributed by atoms with Crippen molar-refractivity contribution in [1.82, 2.24) is 10.2 Å². The second kappa shape index (κ2) is 8.26. The number of hydrogen-bond donors (Lipinski definition) is 1. The Balaban J connectivity index is 1.48. The monoisotopic (exact) mass is 368 g/mol. The molecule has 0 unspecified atom stereocenters. The summed E-state index contributed by atoms with van der Waals surface area (Å²) in [5.74, 6) is 0.961. The first-order valence-electron chi connectivity index (χ1n) is 9.48. The Morgan fingerprint density at radius 3 is 2.62 bits per heavy atom. The number of benzene rings is 3. The van der Waals surface area contributed by atoms with E-state index in [1.54, 1.807) is 0 Å². The zero-order chi connectivity index (χ0) is 17.8. The van der Waals surface area contributed by atoms with Crippen LogP contribution in [0.4, 0.5) is 0 Å². The fourth-order valence-corrected chi connectivity index (χ4v) is 3.87. The van der Waals surface area contributed by atoms with E-state index in [0.29, 0.717) is 0 Å². The summed E-state index contributed by atoms with van der Waals surface area (Å²) >= 11 is 6.25. The average Bonchev–Trinajstić information content (AvgIpc) is 2.68. The molecule has 1 aliphatic heterocycles. The molecule has 26 heavy (non-hydrogen) atoms. The molecule has 1 aliphatic rings. The SMILES string of the molecule is Clc1ccc2cc3ccccc3c(OCCCCN3CCNCC3)c2c1. The summed E-state index contributed by atoms with van der Waals surface area (Å²) in [6.07, 6.45) is 2.23. The highest BCUT2D eigenvalue weighted by molar-refractivity contribution is 6.31. The molecule has 136 valence electrons.